The van der Waals surface area contributed by atoms with Crippen LogP contribution in [0, 0.1) is 23.0 Å². The molecule has 21 heavy (non-hydrogen) atoms. The maximum atomic E-state index is 11.7. The first-order chi connectivity index (χ1) is 9.90. The summed E-state index contributed by atoms with van der Waals surface area (Å²) in [5, 5.41) is 9.59. The van der Waals surface area contributed by atoms with Crippen molar-refractivity contribution in [2.45, 2.75) is 13.0 Å². The largest absolute Gasteiger partial charge is 0.468 e. The summed E-state index contributed by atoms with van der Waals surface area (Å²) in [6.45, 7) is 1.82. The average Bonchev–Trinajstić information content (AvgIpc) is 2.46. The van der Waals surface area contributed by atoms with Crippen molar-refractivity contribution in [2.24, 2.45) is 5.92 Å². The molecule has 0 radical (unpaired) electrons. The average molecular weight is 297 g/mol. The van der Waals surface area contributed by atoms with Gasteiger partial charge in [0.1, 0.15) is 0 Å². The second kappa shape index (κ2) is 7.22. The van der Waals surface area contributed by atoms with Gasteiger partial charge < -0.3 is 14.3 Å². The fourth-order valence-corrected chi connectivity index (χ4v) is 1.76. The Hall–Kier alpha value is -2.64. The van der Waals surface area contributed by atoms with Crippen LogP contribution in [0.2, 0.25) is 0 Å². The molecule has 0 bridgehead atoms. The van der Waals surface area contributed by atoms with E-state index in [4.69, 9.17) is 0 Å². The van der Waals surface area contributed by atoms with Crippen molar-refractivity contribution < 1.29 is 29.0 Å². The van der Waals surface area contributed by atoms with Crippen molar-refractivity contribution in [1.82, 2.24) is 0 Å². The SMILES string of the molecule is COC(=O)C(C(=O)OC)C(O[N+](=O)[O-])c1ccc(C)cc1. The molecule has 1 unspecified atom stereocenters. The topological polar surface area (TPSA) is 105 Å². The first kappa shape index (κ1) is 16.4. The number of ether oxygens (including phenoxy) is 2. The van der Waals surface area contributed by atoms with Crippen LogP contribution in [-0.2, 0) is 23.9 Å². The van der Waals surface area contributed by atoms with Crippen LogP contribution in [0.4, 0.5) is 0 Å². The number of esters is 2. The van der Waals surface area contributed by atoms with Crippen molar-refractivity contribution in [1.29, 1.82) is 0 Å². The van der Waals surface area contributed by atoms with E-state index < -0.39 is 29.0 Å². The predicted molar refractivity (Wildman–Crippen MR) is 69.5 cm³/mol. The highest BCUT2D eigenvalue weighted by atomic mass is 17.0. The molecule has 114 valence electrons. The second-order valence-electron chi connectivity index (χ2n) is 4.18. The summed E-state index contributed by atoms with van der Waals surface area (Å²) in [5.41, 5.74) is 1.20. The fraction of sp³-hybridized carbons (Fsp3) is 0.385. The molecule has 0 spiro atoms. The molecular formula is C13H15NO7. The Morgan fingerprint density at radius 3 is 1.95 bits per heavy atom. The van der Waals surface area contributed by atoms with Gasteiger partial charge in [-0.2, -0.15) is 0 Å². The number of methoxy groups -OCH3 is 2. The van der Waals surface area contributed by atoms with E-state index in [2.05, 4.69) is 14.3 Å². The molecule has 0 aliphatic heterocycles. The Bertz CT molecular complexity index is 510. The van der Waals surface area contributed by atoms with Crippen LogP contribution in [0.1, 0.15) is 17.2 Å². The highest BCUT2D eigenvalue weighted by molar-refractivity contribution is 5.95. The van der Waals surface area contributed by atoms with Gasteiger partial charge in [0.2, 0.25) is 0 Å². The Morgan fingerprint density at radius 2 is 1.57 bits per heavy atom. The van der Waals surface area contributed by atoms with Crippen LogP contribution in [0.5, 0.6) is 0 Å². The van der Waals surface area contributed by atoms with Gasteiger partial charge in [-0.25, -0.2) is 0 Å². The van der Waals surface area contributed by atoms with E-state index in [1.165, 1.54) is 12.1 Å². The molecule has 0 heterocycles. The molecule has 8 heteroatoms. The summed E-state index contributed by atoms with van der Waals surface area (Å²) in [6, 6.07) is 6.42. The zero-order chi connectivity index (χ0) is 16.0. The first-order valence-corrected chi connectivity index (χ1v) is 5.94. The zero-order valence-corrected chi connectivity index (χ0v) is 11.8. The Kier molecular flexibility index (Phi) is 5.65. The summed E-state index contributed by atoms with van der Waals surface area (Å²) >= 11 is 0. The third kappa shape index (κ3) is 4.16. The van der Waals surface area contributed by atoms with Gasteiger partial charge >= 0.3 is 11.9 Å². The number of hydrogen-bond donors (Lipinski definition) is 0. The van der Waals surface area contributed by atoms with E-state index in [1.54, 1.807) is 12.1 Å². The fourth-order valence-electron chi connectivity index (χ4n) is 1.76. The molecule has 1 aromatic carbocycles. The molecule has 0 fully saturated rings. The van der Waals surface area contributed by atoms with Gasteiger partial charge in [-0.15, -0.1) is 10.1 Å². The van der Waals surface area contributed by atoms with Gasteiger partial charge in [-0.3, -0.25) is 9.59 Å². The number of rotatable bonds is 6. The number of nitrogens with zero attached hydrogens (tertiary/aromatic N) is 1. The van der Waals surface area contributed by atoms with Gasteiger partial charge in [0.05, 0.1) is 14.2 Å². The number of benzene rings is 1. The minimum Gasteiger partial charge on any atom is -0.468 e. The summed E-state index contributed by atoms with van der Waals surface area (Å²) in [7, 11) is 2.13. The standard InChI is InChI=1S/C13H15NO7/c1-8-4-6-9(7-5-8)11(21-14(17)18)10(12(15)19-2)13(16)20-3/h4-7,10-11H,1-3H3. The first-order valence-electron chi connectivity index (χ1n) is 5.94. The number of carbonyl (C=O) groups is 2. The lowest BCUT2D eigenvalue weighted by molar-refractivity contribution is -0.772. The highest BCUT2D eigenvalue weighted by Gasteiger charge is 2.40. The molecule has 0 aliphatic rings. The van der Waals surface area contributed by atoms with Crippen molar-refractivity contribution in [2.75, 3.05) is 14.2 Å². The van der Waals surface area contributed by atoms with E-state index in [-0.39, 0.29) is 5.56 Å². The van der Waals surface area contributed by atoms with E-state index >= 15 is 0 Å². The van der Waals surface area contributed by atoms with Gasteiger partial charge in [-0.1, -0.05) is 29.8 Å². The summed E-state index contributed by atoms with van der Waals surface area (Å²) < 4.78 is 9.00. The minimum absolute atomic E-state index is 0.290. The number of carbonyl (C=O) groups excluding carboxylic acids is 2. The van der Waals surface area contributed by atoms with E-state index in [1.807, 2.05) is 6.92 Å². The van der Waals surface area contributed by atoms with Crippen LogP contribution in [0.15, 0.2) is 24.3 Å². The summed E-state index contributed by atoms with van der Waals surface area (Å²) in [6.07, 6.45) is -1.44. The van der Waals surface area contributed by atoms with Crippen molar-refractivity contribution >= 4 is 11.9 Å². The Balaban J connectivity index is 3.25. The maximum Gasteiger partial charge on any atom is 0.322 e. The minimum atomic E-state index is -1.59. The molecular weight excluding hydrogens is 282 g/mol. The van der Waals surface area contributed by atoms with Crippen molar-refractivity contribution in [3.05, 3.63) is 45.5 Å². The molecule has 1 rings (SSSR count). The lowest BCUT2D eigenvalue weighted by atomic mass is 9.95. The van der Waals surface area contributed by atoms with Crippen LogP contribution in [0.3, 0.4) is 0 Å². The normalized spacial score (nSPS) is 11.6. The number of aryl methyl sites for hydroxylation is 1. The van der Waals surface area contributed by atoms with Crippen LogP contribution in [0.25, 0.3) is 0 Å². The van der Waals surface area contributed by atoms with Gasteiger partial charge in [0.25, 0.3) is 5.09 Å². The quantitative estimate of drug-likeness (QED) is 0.336. The molecule has 0 saturated heterocycles. The predicted octanol–water partition coefficient (Wildman–Crippen LogP) is 1.21. The zero-order valence-electron chi connectivity index (χ0n) is 11.8. The van der Waals surface area contributed by atoms with Crippen molar-refractivity contribution in [3.8, 4) is 0 Å². The van der Waals surface area contributed by atoms with Gasteiger partial charge in [-0.05, 0) is 12.5 Å². The molecule has 0 amide bonds. The van der Waals surface area contributed by atoms with E-state index in [0.29, 0.717) is 0 Å². The van der Waals surface area contributed by atoms with Gasteiger partial charge in [0.15, 0.2) is 12.0 Å². The van der Waals surface area contributed by atoms with Gasteiger partial charge in [0, 0.05) is 0 Å². The molecule has 0 aromatic heterocycles. The second-order valence-corrected chi connectivity index (χ2v) is 4.18. The molecule has 8 nitrogen and oxygen atoms in total. The summed E-state index contributed by atoms with van der Waals surface area (Å²) in [4.78, 5) is 38.7. The number of hydrogen-bond acceptors (Lipinski definition) is 7. The van der Waals surface area contributed by atoms with Crippen LogP contribution in [-0.4, -0.2) is 31.2 Å². The Labute approximate surface area is 120 Å². The molecule has 0 N–H and O–H groups in total. The third-order valence-electron chi connectivity index (χ3n) is 2.82. The molecule has 0 saturated carbocycles. The monoisotopic (exact) mass is 297 g/mol. The van der Waals surface area contributed by atoms with Crippen molar-refractivity contribution in [3.63, 3.8) is 0 Å². The highest BCUT2D eigenvalue weighted by Crippen LogP contribution is 2.28. The van der Waals surface area contributed by atoms with E-state index in [0.717, 1.165) is 19.8 Å². The lowest BCUT2D eigenvalue weighted by Gasteiger charge is -2.21. The smallest absolute Gasteiger partial charge is 0.322 e. The Morgan fingerprint density at radius 1 is 1.10 bits per heavy atom. The van der Waals surface area contributed by atoms with Crippen LogP contribution >= 0.6 is 0 Å². The molecule has 0 aliphatic carbocycles. The summed E-state index contributed by atoms with van der Waals surface area (Å²) in [5.74, 6) is -3.54. The molecule has 1 atom stereocenters. The van der Waals surface area contributed by atoms with Crippen LogP contribution < -0.4 is 0 Å². The third-order valence-corrected chi connectivity index (χ3v) is 2.82. The molecule has 1 aromatic rings. The lowest BCUT2D eigenvalue weighted by Crippen LogP contribution is -2.34. The van der Waals surface area contributed by atoms with E-state index in [9.17, 15) is 19.7 Å². The maximum absolute atomic E-state index is 11.7.